The molecule has 102 valence electrons. The summed E-state index contributed by atoms with van der Waals surface area (Å²) >= 11 is 4.37. The molecule has 0 bridgehead atoms. The predicted molar refractivity (Wildman–Crippen MR) is 73.3 cm³/mol. The molecule has 18 heavy (non-hydrogen) atoms. The number of sulfonamides is 1. The van der Waals surface area contributed by atoms with Gasteiger partial charge in [0.05, 0.1) is 3.79 Å². The summed E-state index contributed by atoms with van der Waals surface area (Å²) in [4.78, 5) is 10.3. The molecule has 2 N–H and O–H groups in total. The first-order valence-electron chi connectivity index (χ1n) is 5.38. The van der Waals surface area contributed by atoms with Gasteiger partial charge in [-0.15, -0.1) is 11.3 Å². The molecule has 1 rings (SSSR count). The molecular weight excluding hydrogens is 342 g/mol. The van der Waals surface area contributed by atoms with Crippen molar-refractivity contribution in [2.24, 2.45) is 0 Å². The Morgan fingerprint density at radius 3 is 2.61 bits per heavy atom. The SMILES string of the molecule is O=C(O)CCCCCNS(=O)(=O)c1ccc(Br)s1. The van der Waals surface area contributed by atoms with Crippen LogP contribution in [0.4, 0.5) is 0 Å². The maximum absolute atomic E-state index is 11.8. The highest BCUT2D eigenvalue weighted by Crippen LogP contribution is 2.25. The number of hydrogen-bond acceptors (Lipinski definition) is 4. The molecule has 0 fully saturated rings. The van der Waals surface area contributed by atoms with Gasteiger partial charge in [0, 0.05) is 13.0 Å². The van der Waals surface area contributed by atoms with Crippen molar-refractivity contribution in [3.05, 3.63) is 15.9 Å². The number of hydrogen-bond donors (Lipinski definition) is 2. The molecule has 1 heterocycles. The van der Waals surface area contributed by atoms with Gasteiger partial charge in [-0.1, -0.05) is 6.42 Å². The van der Waals surface area contributed by atoms with Gasteiger partial charge >= 0.3 is 5.97 Å². The molecule has 0 unspecified atom stereocenters. The van der Waals surface area contributed by atoms with Gasteiger partial charge in [-0.25, -0.2) is 13.1 Å². The Balaban J connectivity index is 2.28. The molecular formula is C10H14BrNO4S2. The van der Waals surface area contributed by atoms with Gasteiger partial charge in [-0.05, 0) is 40.9 Å². The van der Waals surface area contributed by atoms with Crippen LogP contribution in [0.15, 0.2) is 20.1 Å². The first kappa shape index (κ1) is 15.6. The number of carboxylic acids is 1. The number of carboxylic acid groups (broad SMARTS) is 1. The Morgan fingerprint density at radius 1 is 1.33 bits per heavy atom. The lowest BCUT2D eigenvalue weighted by atomic mass is 10.2. The van der Waals surface area contributed by atoms with E-state index in [1.165, 1.54) is 0 Å². The highest BCUT2D eigenvalue weighted by molar-refractivity contribution is 9.11. The lowest BCUT2D eigenvalue weighted by Crippen LogP contribution is -2.23. The minimum absolute atomic E-state index is 0.130. The van der Waals surface area contributed by atoms with Gasteiger partial charge in [0.1, 0.15) is 4.21 Å². The fraction of sp³-hybridized carbons (Fsp3) is 0.500. The molecule has 5 nitrogen and oxygen atoms in total. The smallest absolute Gasteiger partial charge is 0.303 e. The number of aliphatic carboxylic acids is 1. The largest absolute Gasteiger partial charge is 0.481 e. The summed E-state index contributed by atoms with van der Waals surface area (Å²) < 4.78 is 27.1. The molecule has 0 saturated carbocycles. The standard InChI is InChI=1S/C10H14BrNO4S2/c11-8-5-6-10(17-8)18(15,16)12-7-3-1-2-4-9(13)14/h5-6,12H,1-4,7H2,(H,13,14). The summed E-state index contributed by atoms with van der Waals surface area (Å²) in [5.41, 5.74) is 0. The van der Waals surface area contributed by atoms with Crippen LogP contribution in [0.5, 0.6) is 0 Å². The molecule has 0 aliphatic rings. The molecule has 1 aromatic heterocycles. The summed E-state index contributed by atoms with van der Waals surface area (Å²) in [6.07, 6.45) is 2.04. The summed E-state index contributed by atoms with van der Waals surface area (Å²) in [7, 11) is -3.42. The maximum atomic E-state index is 11.8. The molecule has 0 aliphatic carbocycles. The molecule has 0 atom stereocenters. The molecule has 8 heteroatoms. The highest BCUT2D eigenvalue weighted by atomic mass is 79.9. The number of unbranched alkanes of at least 4 members (excludes halogenated alkanes) is 2. The zero-order valence-electron chi connectivity index (χ0n) is 9.56. The van der Waals surface area contributed by atoms with Crippen molar-refractivity contribution in [3.63, 3.8) is 0 Å². The molecule has 1 aromatic rings. The van der Waals surface area contributed by atoms with Crippen molar-refractivity contribution in [2.75, 3.05) is 6.54 Å². The number of thiophene rings is 1. The van der Waals surface area contributed by atoms with E-state index >= 15 is 0 Å². The lowest BCUT2D eigenvalue weighted by molar-refractivity contribution is -0.137. The van der Waals surface area contributed by atoms with Crippen molar-refractivity contribution in [1.29, 1.82) is 0 Å². The van der Waals surface area contributed by atoms with Crippen LogP contribution in [0.25, 0.3) is 0 Å². The van der Waals surface area contributed by atoms with E-state index < -0.39 is 16.0 Å². The minimum atomic E-state index is -3.42. The summed E-state index contributed by atoms with van der Waals surface area (Å²) in [6, 6.07) is 3.23. The van der Waals surface area contributed by atoms with Crippen LogP contribution in [-0.2, 0) is 14.8 Å². The summed E-state index contributed by atoms with van der Waals surface area (Å²) in [6.45, 7) is 0.331. The molecule has 0 aromatic carbocycles. The van der Waals surface area contributed by atoms with Gasteiger partial charge in [-0.3, -0.25) is 4.79 Å². The third-order valence-corrected chi connectivity index (χ3v) is 5.75. The van der Waals surface area contributed by atoms with Crippen molar-refractivity contribution in [3.8, 4) is 0 Å². The van der Waals surface area contributed by atoms with E-state index in [0.29, 0.717) is 25.8 Å². The number of rotatable bonds is 8. The topological polar surface area (TPSA) is 83.5 Å². The second kappa shape index (κ2) is 7.22. The van der Waals surface area contributed by atoms with Crippen LogP contribution in [0.2, 0.25) is 0 Å². The average Bonchev–Trinajstić information content (AvgIpc) is 2.70. The van der Waals surface area contributed by atoms with Gasteiger partial charge in [0.15, 0.2) is 0 Å². The minimum Gasteiger partial charge on any atom is -0.481 e. The number of carbonyl (C=O) groups is 1. The number of nitrogens with one attached hydrogen (secondary N) is 1. The van der Waals surface area contributed by atoms with Crippen LogP contribution < -0.4 is 4.72 Å². The molecule has 0 spiro atoms. The summed E-state index contributed by atoms with van der Waals surface area (Å²) in [5, 5.41) is 8.44. The predicted octanol–water partition coefficient (Wildman–Crippen LogP) is 2.43. The van der Waals surface area contributed by atoms with E-state index in [1.807, 2.05) is 0 Å². The fourth-order valence-electron chi connectivity index (χ4n) is 1.30. The van der Waals surface area contributed by atoms with E-state index in [0.717, 1.165) is 15.1 Å². The van der Waals surface area contributed by atoms with Gasteiger partial charge in [0.2, 0.25) is 10.0 Å². The average molecular weight is 356 g/mol. The second-order valence-electron chi connectivity index (χ2n) is 3.66. The quantitative estimate of drug-likeness (QED) is 0.701. The Hall–Kier alpha value is -0.440. The van der Waals surface area contributed by atoms with Gasteiger partial charge in [-0.2, -0.15) is 0 Å². The highest BCUT2D eigenvalue weighted by Gasteiger charge is 2.15. The van der Waals surface area contributed by atoms with Crippen LogP contribution in [-0.4, -0.2) is 26.0 Å². The van der Waals surface area contributed by atoms with Crippen LogP contribution in [0.1, 0.15) is 25.7 Å². The van der Waals surface area contributed by atoms with E-state index in [4.69, 9.17) is 5.11 Å². The Bertz CT molecular complexity index is 498. The monoisotopic (exact) mass is 355 g/mol. The maximum Gasteiger partial charge on any atom is 0.303 e. The molecule has 0 saturated heterocycles. The summed E-state index contributed by atoms with van der Waals surface area (Å²) in [5.74, 6) is -0.820. The Morgan fingerprint density at radius 2 is 2.06 bits per heavy atom. The number of halogens is 1. The van der Waals surface area contributed by atoms with Gasteiger partial charge < -0.3 is 5.11 Å². The second-order valence-corrected chi connectivity index (χ2v) is 8.12. The third kappa shape index (κ3) is 5.47. The van der Waals surface area contributed by atoms with E-state index in [1.54, 1.807) is 12.1 Å². The van der Waals surface area contributed by atoms with E-state index in [-0.39, 0.29) is 10.6 Å². The first-order chi connectivity index (χ1) is 8.42. The molecule has 0 radical (unpaired) electrons. The Kier molecular flexibility index (Phi) is 6.27. The van der Waals surface area contributed by atoms with E-state index in [9.17, 15) is 13.2 Å². The first-order valence-corrected chi connectivity index (χ1v) is 8.48. The van der Waals surface area contributed by atoms with Crippen molar-refractivity contribution >= 4 is 43.3 Å². The van der Waals surface area contributed by atoms with Crippen LogP contribution in [0, 0.1) is 0 Å². The fourth-order valence-corrected chi connectivity index (χ4v) is 4.43. The lowest BCUT2D eigenvalue weighted by Gasteiger charge is -2.04. The normalized spacial score (nSPS) is 11.6. The Labute approximate surface area is 118 Å². The zero-order valence-corrected chi connectivity index (χ0v) is 12.8. The van der Waals surface area contributed by atoms with Crippen molar-refractivity contribution in [2.45, 2.75) is 29.9 Å². The van der Waals surface area contributed by atoms with Gasteiger partial charge in [0.25, 0.3) is 0 Å². The van der Waals surface area contributed by atoms with Crippen molar-refractivity contribution < 1.29 is 18.3 Å². The molecule has 0 aliphatic heterocycles. The zero-order chi connectivity index (χ0) is 13.6. The van der Waals surface area contributed by atoms with E-state index in [2.05, 4.69) is 20.7 Å². The molecule has 0 amide bonds. The van der Waals surface area contributed by atoms with Crippen LogP contribution in [0.3, 0.4) is 0 Å². The third-order valence-electron chi connectivity index (χ3n) is 2.17. The van der Waals surface area contributed by atoms with Crippen LogP contribution >= 0.6 is 27.3 Å². The van der Waals surface area contributed by atoms with Crippen molar-refractivity contribution in [1.82, 2.24) is 4.72 Å².